The van der Waals surface area contributed by atoms with Gasteiger partial charge >= 0.3 is 0 Å². The minimum atomic E-state index is 0.102. The highest BCUT2D eigenvalue weighted by molar-refractivity contribution is 6.20. The number of fused-ring (bicyclic) bond motifs is 2. The zero-order valence-electron chi connectivity index (χ0n) is 8.93. The van der Waals surface area contributed by atoms with Crippen LogP contribution in [0.15, 0.2) is 23.0 Å². The number of alkyl halides is 1. The maximum absolute atomic E-state index is 12.3. The van der Waals surface area contributed by atoms with Gasteiger partial charge in [0.25, 0.3) is 5.91 Å². The molecule has 2 saturated heterocycles. The Kier molecular flexibility index (Phi) is 2.43. The van der Waals surface area contributed by atoms with Gasteiger partial charge in [-0.15, -0.1) is 11.6 Å². The molecule has 2 aliphatic heterocycles. The predicted octanol–water partition coefficient (Wildman–Crippen LogP) is 2.65. The van der Waals surface area contributed by atoms with E-state index >= 15 is 0 Å². The molecule has 1 amide bonds. The summed E-state index contributed by atoms with van der Waals surface area (Å²) in [4.78, 5) is 14.3. The average molecular weight is 240 g/mol. The van der Waals surface area contributed by atoms with Crippen molar-refractivity contribution in [3.63, 3.8) is 0 Å². The van der Waals surface area contributed by atoms with Crippen molar-refractivity contribution in [3.05, 3.63) is 24.2 Å². The Labute approximate surface area is 99.4 Å². The van der Waals surface area contributed by atoms with E-state index in [9.17, 15) is 4.79 Å². The molecule has 2 unspecified atom stereocenters. The topological polar surface area (TPSA) is 33.5 Å². The minimum absolute atomic E-state index is 0.102. The molecule has 4 heteroatoms. The fourth-order valence-electron chi connectivity index (χ4n) is 2.98. The van der Waals surface area contributed by atoms with Crippen LogP contribution in [0, 0.1) is 0 Å². The number of piperidine rings is 1. The van der Waals surface area contributed by atoms with Crippen molar-refractivity contribution >= 4 is 17.5 Å². The number of halogens is 1. The van der Waals surface area contributed by atoms with E-state index in [2.05, 4.69) is 0 Å². The maximum atomic E-state index is 12.3. The first-order valence-corrected chi connectivity index (χ1v) is 6.18. The number of amides is 1. The molecule has 0 N–H and O–H groups in total. The Balaban J connectivity index is 1.84. The summed E-state index contributed by atoms with van der Waals surface area (Å²) < 4.78 is 4.96. The Hall–Kier alpha value is -0.960. The normalized spacial score (nSPS) is 33.1. The lowest BCUT2D eigenvalue weighted by Gasteiger charge is -2.36. The predicted molar refractivity (Wildman–Crippen MR) is 60.6 cm³/mol. The van der Waals surface area contributed by atoms with Crippen molar-refractivity contribution in [2.24, 2.45) is 0 Å². The summed E-state index contributed by atoms with van der Waals surface area (Å²) >= 11 is 6.18. The summed E-state index contributed by atoms with van der Waals surface area (Å²) in [6.45, 7) is 0. The Bertz CT molecular complexity index is 376. The van der Waals surface area contributed by atoms with Crippen LogP contribution in [0.3, 0.4) is 0 Å². The summed E-state index contributed by atoms with van der Waals surface area (Å²) in [5, 5.41) is 0.242. The zero-order chi connectivity index (χ0) is 11.1. The van der Waals surface area contributed by atoms with E-state index < -0.39 is 0 Å². The van der Waals surface area contributed by atoms with Crippen molar-refractivity contribution in [1.29, 1.82) is 0 Å². The molecule has 0 spiro atoms. The van der Waals surface area contributed by atoms with Crippen LogP contribution in [0.2, 0.25) is 0 Å². The van der Waals surface area contributed by atoms with Gasteiger partial charge < -0.3 is 9.32 Å². The molecule has 1 aromatic rings. The highest BCUT2D eigenvalue weighted by atomic mass is 35.5. The number of furan rings is 1. The first-order chi connectivity index (χ1) is 7.75. The van der Waals surface area contributed by atoms with Gasteiger partial charge in [0.15, 0.2) is 0 Å². The maximum Gasteiger partial charge on any atom is 0.257 e. The first-order valence-electron chi connectivity index (χ1n) is 5.74. The fourth-order valence-corrected chi connectivity index (χ4v) is 3.39. The van der Waals surface area contributed by atoms with Crippen molar-refractivity contribution < 1.29 is 9.21 Å². The molecule has 16 heavy (non-hydrogen) atoms. The van der Waals surface area contributed by atoms with Crippen molar-refractivity contribution in [2.75, 3.05) is 0 Å². The molecule has 86 valence electrons. The molecule has 1 aromatic heterocycles. The van der Waals surface area contributed by atoms with Crippen LogP contribution in [0.1, 0.15) is 36.0 Å². The average Bonchev–Trinajstić information content (AvgIpc) is 2.85. The van der Waals surface area contributed by atoms with E-state index in [0.29, 0.717) is 17.6 Å². The molecule has 2 aliphatic rings. The van der Waals surface area contributed by atoms with Crippen molar-refractivity contribution in [1.82, 2.24) is 4.90 Å². The second-order valence-electron chi connectivity index (χ2n) is 4.68. The zero-order valence-corrected chi connectivity index (χ0v) is 9.69. The van der Waals surface area contributed by atoms with E-state index in [1.54, 1.807) is 12.3 Å². The van der Waals surface area contributed by atoms with Gasteiger partial charge in [0.2, 0.25) is 0 Å². The van der Waals surface area contributed by atoms with E-state index in [0.717, 1.165) is 25.7 Å². The van der Waals surface area contributed by atoms with Crippen LogP contribution in [0.5, 0.6) is 0 Å². The lowest BCUT2D eigenvalue weighted by atomic mass is 10.0. The molecule has 3 nitrogen and oxygen atoms in total. The molecular weight excluding hydrogens is 226 g/mol. The van der Waals surface area contributed by atoms with Gasteiger partial charge in [-0.2, -0.15) is 0 Å². The molecule has 0 saturated carbocycles. The van der Waals surface area contributed by atoms with Crippen LogP contribution in [0.25, 0.3) is 0 Å². The smallest absolute Gasteiger partial charge is 0.257 e. The molecule has 3 rings (SSSR count). The highest BCUT2D eigenvalue weighted by Gasteiger charge is 2.42. The van der Waals surface area contributed by atoms with Gasteiger partial charge in [0.1, 0.15) is 6.26 Å². The Morgan fingerprint density at radius 1 is 1.38 bits per heavy atom. The van der Waals surface area contributed by atoms with Gasteiger partial charge in [-0.05, 0) is 31.7 Å². The lowest BCUT2D eigenvalue weighted by molar-refractivity contribution is 0.0599. The van der Waals surface area contributed by atoms with E-state index in [-0.39, 0.29) is 11.3 Å². The third-order valence-corrected chi connectivity index (χ3v) is 4.03. The van der Waals surface area contributed by atoms with Crippen molar-refractivity contribution in [3.8, 4) is 0 Å². The molecule has 0 aliphatic carbocycles. The summed E-state index contributed by atoms with van der Waals surface area (Å²) in [6, 6.07) is 2.40. The van der Waals surface area contributed by atoms with Crippen LogP contribution in [0.4, 0.5) is 0 Å². The van der Waals surface area contributed by atoms with E-state index in [1.807, 2.05) is 4.90 Å². The standard InChI is InChI=1S/C12H14ClNO2/c13-9-5-10-1-2-11(6-9)14(10)12(15)8-3-4-16-7-8/h3-4,7,9-11H,1-2,5-6H2. The monoisotopic (exact) mass is 239 g/mol. The molecule has 2 fully saturated rings. The molecule has 2 atom stereocenters. The number of rotatable bonds is 1. The molecule has 3 heterocycles. The second-order valence-corrected chi connectivity index (χ2v) is 5.30. The Morgan fingerprint density at radius 2 is 2.06 bits per heavy atom. The minimum Gasteiger partial charge on any atom is -0.472 e. The van der Waals surface area contributed by atoms with Gasteiger partial charge in [0.05, 0.1) is 11.8 Å². The fraction of sp³-hybridized carbons (Fsp3) is 0.583. The lowest BCUT2D eigenvalue weighted by Crippen LogP contribution is -2.46. The van der Waals surface area contributed by atoms with Gasteiger partial charge in [0, 0.05) is 17.5 Å². The third kappa shape index (κ3) is 1.54. The van der Waals surface area contributed by atoms with Crippen LogP contribution in [-0.2, 0) is 0 Å². The SMILES string of the molecule is O=C(c1ccoc1)N1C2CCC1CC(Cl)C2. The number of hydrogen-bond donors (Lipinski definition) is 0. The molecule has 0 aromatic carbocycles. The Morgan fingerprint density at radius 3 is 2.62 bits per heavy atom. The van der Waals surface area contributed by atoms with Crippen molar-refractivity contribution in [2.45, 2.75) is 43.1 Å². The largest absolute Gasteiger partial charge is 0.472 e. The van der Waals surface area contributed by atoms with Crippen LogP contribution >= 0.6 is 11.6 Å². The van der Waals surface area contributed by atoms with Crippen LogP contribution < -0.4 is 0 Å². The van der Waals surface area contributed by atoms with E-state index in [1.165, 1.54) is 6.26 Å². The van der Waals surface area contributed by atoms with Gasteiger partial charge in [-0.3, -0.25) is 4.79 Å². The number of nitrogens with zero attached hydrogens (tertiary/aromatic N) is 1. The molecule has 0 radical (unpaired) electrons. The third-order valence-electron chi connectivity index (χ3n) is 3.68. The molecule has 2 bridgehead atoms. The number of carbonyl (C=O) groups excluding carboxylic acids is 1. The summed E-state index contributed by atoms with van der Waals surface area (Å²) in [6.07, 6.45) is 7.12. The number of hydrogen-bond acceptors (Lipinski definition) is 2. The number of carbonyl (C=O) groups is 1. The van der Waals surface area contributed by atoms with E-state index in [4.69, 9.17) is 16.0 Å². The second kappa shape index (κ2) is 3.81. The highest BCUT2D eigenvalue weighted by Crippen LogP contribution is 2.38. The summed E-state index contributed by atoms with van der Waals surface area (Å²) in [5.41, 5.74) is 0.657. The first kappa shape index (κ1) is 10.2. The molecular formula is C12H14ClNO2. The quantitative estimate of drug-likeness (QED) is 0.706. The van der Waals surface area contributed by atoms with Gasteiger partial charge in [-0.25, -0.2) is 0 Å². The van der Waals surface area contributed by atoms with Gasteiger partial charge in [-0.1, -0.05) is 0 Å². The van der Waals surface area contributed by atoms with Crippen LogP contribution in [-0.4, -0.2) is 28.3 Å². The summed E-state index contributed by atoms with van der Waals surface area (Å²) in [7, 11) is 0. The summed E-state index contributed by atoms with van der Waals surface area (Å²) in [5.74, 6) is 0.102.